The van der Waals surface area contributed by atoms with Gasteiger partial charge in [-0.2, -0.15) is 0 Å². The van der Waals surface area contributed by atoms with Gasteiger partial charge in [0.15, 0.2) is 0 Å². The first-order chi connectivity index (χ1) is 18.5. The maximum atomic E-state index is 13.2. The molecular weight excluding hydrogens is 502 g/mol. The first kappa shape index (κ1) is 26.3. The van der Waals surface area contributed by atoms with Crippen molar-refractivity contribution in [3.63, 3.8) is 0 Å². The van der Waals surface area contributed by atoms with Crippen LogP contribution < -0.4 is 4.90 Å². The molecule has 2 aliphatic heterocycles. The third-order valence-electron chi connectivity index (χ3n) is 7.78. The summed E-state index contributed by atoms with van der Waals surface area (Å²) in [5.41, 5.74) is 2.14. The number of esters is 1. The zero-order chi connectivity index (χ0) is 26.6. The number of anilines is 1. The zero-order valence-electron chi connectivity index (χ0n) is 21.9. The molecule has 0 N–H and O–H groups in total. The summed E-state index contributed by atoms with van der Waals surface area (Å²) in [4.78, 5) is 36.3. The quantitative estimate of drug-likeness (QED) is 0.432. The lowest BCUT2D eigenvalue weighted by atomic mass is 9.97. The Bertz CT molecular complexity index is 1260. The molecule has 200 valence electrons. The highest BCUT2D eigenvalue weighted by Gasteiger charge is 2.35. The van der Waals surface area contributed by atoms with Gasteiger partial charge in [-0.25, -0.2) is 9.78 Å². The molecule has 0 aliphatic carbocycles. The fourth-order valence-electron chi connectivity index (χ4n) is 5.66. The van der Waals surface area contributed by atoms with E-state index in [2.05, 4.69) is 21.7 Å². The average Bonchev–Trinajstić information content (AvgIpc) is 3.51. The molecule has 5 rings (SSSR count). The Kier molecular flexibility index (Phi) is 8.00. The van der Waals surface area contributed by atoms with E-state index in [0.29, 0.717) is 28.5 Å². The monoisotopic (exact) mass is 535 g/mol. The Balaban J connectivity index is 1.17. The third-order valence-corrected chi connectivity index (χ3v) is 8.06. The van der Waals surface area contributed by atoms with E-state index in [1.165, 1.54) is 13.3 Å². The fourth-order valence-corrected chi connectivity index (χ4v) is 5.95. The number of rotatable bonds is 6. The first-order valence-electron chi connectivity index (χ1n) is 13.3. The van der Waals surface area contributed by atoms with Crippen LogP contribution in [0.15, 0.2) is 61.1 Å². The second-order valence-corrected chi connectivity index (χ2v) is 10.3. The Morgan fingerprint density at radius 1 is 1.03 bits per heavy atom. The van der Waals surface area contributed by atoms with E-state index in [9.17, 15) is 9.59 Å². The van der Waals surface area contributed by atoms with Crippen molar-refractivity contribution in [1.29, 1.82) is 0 Å². The Hall–Kier alpha value is -3.36. The van der Waals surface area contributed by atoms with Gasteiger partial charge in [0.2, 0.25) is 0 Å². The van der Waals surface area contributed by atoms with Gasteiger partial charge < -0.3 is 19.1 Å². The number of ether oxygens (including phenoxy) is 1. The zero-order valence-corrected chi connectivity index (χ0v) is 22.7. The second-order valence-electron chi connectivity index (χ2n) is 9.93. The van der Waals surface area contributed by atoms with Crippen molar-refractivity contribution in [3.05, 3.63) is 77.2 Å². The molecule has 3 aromatic rings. The summed E-state index contributed by atoms with van der Waals surface area (Å²) in [5.74, 6) is 0.372. The molecule has 9 heteroatoms. The van der Waals surface area contributed by atoms with Crippen molar-refractivity contribution in [2.45, 2.75) is 38.3 Å². The number of piperidine rings is 1. The molecule has 2 saturated heterocycles. The molecule has 8 nitrogen and oxygen atoms in total. The molecule has 0 spiro atoms. The molecule has 38 heavy (non-hydrogen) atoms. The Morgan fingerprint density at radius 2 is 1.74 bits per heavy atom. The minimum atomic E-state index is -0.444. The minimum Gasteiger partial charge on any atom is -0.465 e. The van der Waals surface area contributed by atoms with Crippen molar-refractivity contribution in [1.82, 2.24) is 19.4 Å². The lowest BCUT2D eigenvalue weighted by Gasteiger charge is -2.47. The van der Waals surface area contributed by atoms with Gasteiger partial charge in [0.1, 0.15) is 5.82 Å². The smallest absolute Gasteiger partial charge is 0.339 e. The average molecular weight is 536 g/mol. The maximum Gasteiger partial charge on any atom is 0.339 e. The van der Waals surface area contributed by atoms with E-state index in [1.807, 2.05) is 58.3 Å². The number of piperazine rings is 1. The van der Waals surface area contributed by atoms with Gasteiger partial charge in [-0.3, -0.25) is 9.69 Å². The molecule has 1 atom stereocenters. The molecule has 2 aromatic heterocycles. The van der Waals surface area contributed by atoms with Crippen LogP contribution in [0.1, 0.15) is 46.9 Å². The lowest BCUT2D eigenvalue weighted by molar-refractivity contribution is 0.0490. The van der Waals surface area contributed by atoms with Crippen LogP contribution in [-0.2, 0) is 4.74 Å². The van der Waals surface area contributed by atoms with Crippen LogP contribution in [-0.4, -0.2) is 83.1 Å². The fraction of sp³-hybridized carbons (Fsp3) is 0.414. The maximum absolute atomic E-state index is 13.2. The number of benzene rings is 1. The van der Waals surface area contributed by atoms with Gasteiger partial charge >= 0.3 is 5.97 Å². The van der Waals surface area contributed by atoms with Crippen molar-refractivity contribution >= 4 is 29.3 Å². The highest BCUT2D eigenvalue weighted by atomic mass is 35.5. The third kappa shape index (κ3) is 5.42. The number of halogens is 1. The Morgan fingerprint density at radius 3 is 2.37 bits per heavy atom. The standard InChI is InChI=1S/C29H34ClN5O3/c1-3-23-20-34(27-26(30)18-22(19-31-27)29(37)38-2)16-17-35(23)25-10-14-33(15-11-25)28(36)21-6-8-24(9-7-21)32-12-4-5-13-32/h4-9,12-13,18-19,23,25H,3,10-11,14-17,20H2,1-2H3/t23-/m0/s1. The van der Waals surface area contributed by atoms with Crippen LogP contribution in [0.5, 0.6) is 0 Å². The number of aromatic nitrogens is 2. The number of hydrogen-bond acceptors (Lipinski definition) is 6. The number of carbonyl (C=O) groups is 2. The predicted molar refractivity (Wildman–Crippen MR) is 148 cm³/mol. The number of amides is 1. The van der Waals surface area contributed by atoms with E-state index in [4.69, 9.17) is 16.3 Å². The lowest BCUT2D eigenvalue weighted by Crippen LogP contribution is -2.58. The summed E-state index contributed by atoms with van der Waals surface area (Å²) in [5, 5.41) is 0.462. The van der Waals surface area contributed by atoms with E-state index >= 15 is 0 Å². The molecule has 1 aromatic carbocycles. The predicted octanol–water partition coefficient (Wildman–Crippen LogP) is 4.52. The summed E-state index contributed by atoms with van der Waals surface area (Å²) in [6.07, 6.45) is 8.48. The van der Waals surface area contributed by atoms with Crippen LogP contribution in [0.4, 0.5) is 5.82 Å². The number of pyridine rings is 1. The number of likely N-dealkylation sites (tertiary alicyclic amines) is 1. The van der Waals surface area contributed by atoms with Crippen LogP contribution in [0.3, 0.4) is 0 Å². The molecule has 0 bridgehead atoms. The second kappa shape index (κ2) is 11.6. The molecule has 0 saturated carbocycles. The Labute approximate surface area is 228 Å². The topological polar surface area (TPSA) is 70.9 Å². The van der Waals surface area contributed by atoms with Gasteiger partial charge in [-0.1, -0.05) is 18.5 Å². The largest absolute Gasteiger partial charge is 0.465 e. The van der Waals surface area contributed by atoms with Crippen LogP contribution in [0.2, 0.25) is 5.02 Å². The summed E-state index contributed by atoms with van der Waals surface area (Å²) in [7, 11) is 1.35. The highest BCUT2D eigenvalue weighted by molar-refractivity contribution is 6.33. The van der Waals surface area contributed by atoms with Crippen LogP contribution in [0.25, 0.3) is 5.69 Å². The van der Waals surface area contributed by atoms with Gasteiger partial charge in [0, 0.05) is 74.6 Å². The van der Waals surface area contributed by atoms with Crippen molar-refractivity contribution in [2.75, 3.05) is 44.7 Å². The number of carbonyl (C=O) groups excluding carboxylic acids is 2. The molecule has 2 fully saturated rings. The van der Waals surface area contributed by atoms with Crippen molar-refractivity contribution in [3.8, 4) is 5.69 Å². The van der Waals surface area contributed by atoms with Gasteiger partial charge in [0.05, 0.1) is 17.7 Å². The molecule has 2 aliphatic rings. The number of methoxy groups -OCH3 is 1. The van der Waals surface area contributed by atoms with Crippen molar-refractivity contribution < 1.29 is 14.3 Å². The molecule has 0 radical (unpaired) electrons. The normalized spacial score (nSPS) is 19.0. The summed E-state index contributed by atoms with van der Waals surface area (Å²) >= 11 is 6.51. The van der Waals surface area contributed by atoms with E-state index in [1.54, 1.807) is 6.07 Å². The summed E-state index contributed by atoms with van der Waals surface area (Å²) in [6.45, 7) is 6.30. The van der Waals surface area contributed by atoms with Gasteiger partial charge in [0.25, 0.3) is 5.91 Å². The van der Waals surface area contributed by atoms with E-state index in [-0.39, 0.29) is 5.91 Å². The van der Waals surface area contributed by atoms with E-state index in [0.717, 1.165) is 63.2 Å². The van der Waals surface area contributed by atoms with Crippen LogP contribution in [0, 0.1) is 0 Å². The highest BCUT2D eigenvalue weighted by Crippen LogP contribution is 2.30. The summed E-state index contributed by atoms with van der Waals surface area (Å²) < 4.78 is 6.81. The number of nitrogens with zero attached hydrogens (tertiary/aromatic N) is 5. The van der Waals surface area contributed by atoms with Gasteiger partial charge in [-0.15, -0.1) is 0 Å². The molecule has 0 unspecified atom stereocenters. The SMILES string of the molecule is CC[C@H]1CN(c2ncc(C(=O)OC)cc2Cl)CCN1C1CCN(C(=O)c2ccc(-n3cccc3)cc2)CC1. The first-order valence-corrected chi connectivity index (χ1v) is 13.6. The molecule has 4 heterocycles. The van der Waals surface area contributed by atoms with Crippen LogP contribution >= 0.6 is 11.6 Å². The van der Waals surface area contributed by atoms with E-state index < -0.39 is 5.97 Å². The van der Waals surface area contributed by atoms with Crippen molar-refractivity contribution in [2.24, 2.45) is 0 Å². The minimum absolute atomic E-state index is 0.107. The summed E-state index contributed by atoms with van der Waals surface area (Å²) in [6, 6.07) is 14.3. The van der Waals surface area contributed by atoms with Gasteiger partial charge in [-0.05, 0) is 61.7 Å². The molecular formula is C29H34ClN5O3. The molecule has 1 amide bonds. The number of hydrogen-bond donors (Lipinski definition) is 0.